The summed E-state index contributed by atoms with van der Waals surface area (Å²) in [5, 5.41) is 0. The zero-order chi connectivity index (χ0) is 32.2. The van der Waals surface area contributed by atoms with Gasteiger partial charge >= 0.3 is 11.9 Å². The Balaban J connectivity index is 1.19. The second kappa shape index (κ2) is 16.9. The third kappa shape index (κ3) is 9.63. The van der Waals surface area contributed by atoms with Crippen molar-refractivity contribution in [3.05, 3.63) is 87.9 Å². The lowest BCUT2D eigenvalue weighted by molar-refractivity contribution is -0.157. The zero-order valence-electron chi connectivity index (χ0n) is 26.5. The summed E-state index contributed by atoms with van der Waals surface area (Å²) in [6.07, 6.45) is 9.33. The van der Waals surface area contributed by atoms with Crippen molar-refractivity contribution >= 4 is 33.6 Å². The fraction of sp³-hybridized carbons (Fsp3) is 0.459. The number of hydrogen-bond donors (Lipinski definition) is 1. The Morgan fingerprint density at radius 2 is 1.53 bits per heavy atom. The van der Waals surface area contributed by atoms with Gasteiger partial charge < -0.3 is 15.2 Å². The first-order valence-corrected chi connectivity index (χ1v) is 17.0. The lowest BCUT2D eigenvalue weighted by atomic mass is 9.95. The number of hydrogen-bond acceptors (Lipinski definition) is 6. The SMILES string of the molecule is CCN(Cc1cc(C(=O)OCCCCCOC(=O)C(C)(F)c2ccc(-c3ccccc3)cc2)cc(Br)c1N)C1CCCCCC1. The molecule has 1 aliphatic rings. The molecule has 2 N–H and O–H groups in total. The highest BCUT2D eigenvalue weighted by atomic mass is 79.9. The maximum Gasteiger partial charge on any atom is 0.348 e. The molecular formula is C37H46BrFN2O4. The van der Waals surface area contributed by atoms with Gasteiger partial charge in [0.05, 0.1) is 24.5 Å². The number of nitrogen functional groups attached to an aromatic ring is 1. The van der Waals surface area contributed by atoms with Crippen molar-refractivity contribution in [2.24, 2.45) is 0 Å². The summed E-state index contributed by atoms with van der Waals surface area (Å²) in [4.78, 5) is 27.9. The third-order valence-electron chi connectivity index (χ3n) is 8.74. The Bertz CT molecular complexity index is 1390. The van der Waals surface area contributed by atoms with E-state index in [9.17, 15) is 9.59 Å². The topological polar surface area (TPSA) is 81.9 Å². The molecular weight excluding hydrogens is 635 g/mol. The molecule has 0 aliphatic heterocycles. The predicted molar refractivity (Wildman–Crippen MR) is 182 cm³/mol. The van der Waals surface area contributed by atoms with Crippen molar-refractivity contribution in [1.82, 2.24) is 4.90 Å². The van der Waals surface area contributed by atoms with Crippen LogP contribution < -0.4 is 5.73 Å². The minimum atomic E-state index is -2.25. The van der Waals surface area contributed by atoms with E-state index in [2.05, 4.69) is 27.8 Å². The number of carbonyl (C=O) groups is 2. The molecule has 0 spiro atoms. The number of halogens is 2. The molecule has 1 atom stereocenters. The minimum absolute atomic E-state index is 0.0948. The Kier molecular flexibility index (Phi) is 13.0. The largest absolute Gasteiger partial charge is 0.463 e. The highest BCUT2D eigenvalue weighted by molar-refractivity contribution is 9.10. The van der Waals surface area contributed by atoms with Gasteiger partial charge in [0.1, 0.15) is 0 Å². The molecule has 4 rings (SSSR count). The van der Waals surface area contributed by atoms with E-state index in [-0.39, 0.29) is 18.8 Å². The molecule has 242 valence electrons. The van der Waals surface area contributed by atoms with Crippen LogP contribution in [0.4, 0.5) is 10.1 Å². The number of benzene rings is 3. The van der Waals surface area contributed by atoms with Gasteiger partial charge in [-0.2, -0.15) is 0 Å². The van der Waals surface area contributed by atoms with Gasteiger partial charge in [0, 0.05) is 22.6 Å². The van der Waals surface area contributed by atoms with Crippen LogP contribution >= 0.6 is 15.9 Å². The average molecular weight is 682 g/mol. The Labute approximate surface area is 275 Å². The first kappa shape index (κ1) is 34.6. The zero-order valence-corrected chi connectivity index (χ0v) is 28.1. The van der Waals surface area contributed by atoms with E-state index in [0.717, 1.165) is 23.2 Å². The van der Waals surface area contributed by atoms with Crippen molar-refractivity contribution in [1.29, 1.82) is 0 Å². The molecule has 0 amide bonds. The molecule has 0 heterocycles. The maximum absolute atomic E-state index is 15.4. The molecule has 3 aromatic rings. The van der Waals surface area contributed by atoms with Crippen LogP contribution in [0, 0.1) is 0 Å². The van der Waals surface area contributed by atoms with Gasteiger partial charge in [0.15, 0.2) is 0 Å². The Hall–Kier alpha value is -3.23. The van der Waals surface area contributed by atoms with Crippen LogP contribution in [0.3, 0.4) is 0 Å². The lowest BCUT2D eigenvalue weighted by Crippen LogP contribution is -2.34. The van der Waals surface area contributed by atoms with Crippen LogP contribution in [0.2, 0.25) is 0 Å². The molecule has 0 bridgehead atoms. The number of esters is 2. The van der Waals surface area contributed by atoms with Gasteiger partial charge in [0.2, 0.25) is 5.67 Å². The number of unbranched alkanes of at least 4 members (excludes halogenated alkanes) is 2. The molecule has 1 unspecified atom stereocenters. The van der Waals surface area contributed by atoms with Crippen molar-refractivity contribution in [3.63, 3.8) is 0 Å². The van der Waals surface area contributed by atoms with Gasteiger partial charge in [-0.25, -0.2) is 14.0 Å². The van der Waals surface area contributed by atoms with Crippen LogP contribution in [-0.4, -0.2) is 42.6 Å². The summed E-state index contributed by atoms with van der Waals surface area (Å²) in [7, 11) is 0. The van der Waals surface area contributed by atoms with Crippen LogP contribution in [-0.2, 0) is 26.5 Å². The smallest absolute Gasteiger partial charge is 0.348 e. The van der Waals surface area contributed by atoms with E-state index in [0.29, 0.717) is 47.6 Å². The second-order valence-corrected chi connectivity index (χ2v) is 12.9. The van der Waals surface area contributed by atoms with Gasteiger partial charge in [-0.1, -0.05) is 87.2 Å². The molecule has 1 aliphatic carbocycles. The van der Waals surface area contributed by atoms with Crippen molar-refractivity contribution in [2.75, 3.05) is 25.5 Å². The first-order valence-electron chi connectivity index (χ1n) is 16.2. The molecule has 3 aromatic carbocycles. The molecule has 6 nitrogen and oxygen atoms in total. The van der Waals surface area contributed by atoms with Gasteiger partial charge in [-0.15, -0.1) is 0 Å². The summed E-state index contributed by atoms with van der Waals surface area (Å²) in [6.45, 7) is 5.36. The summed E-state index contributed by atoms with van der Waals surface area (Å²) in [5.41, 5.74) is 8.43. The van der Waals surface area contributed by atoms with Gasteiger partial charge in [-0.3, -0.25) is 4.90 Å². The van der Waals surface area contributed by atoms with Gasteiger partial charge in [0.25, 0.3) is 0 Å². The molecule has 1 fully saturated rings. The van der Waals surface area contributed by atoms with Crippen molar-refractivity contribution in [2.45, 2.75) is 89.9 Å². The van der Waals surface area contributed by atoms with E-state index >= 15 is 4.39 Å². The van der Waals surface area contributed by atoms with E-state index in [4.69, 9.17) is 15.2 Å². The molecule has 45 heavy (non-hydrogen) atoms. The molecule has 1 saturated carbocycles. The number of nitrogens with two attached hydrogens (primary N) is 1. The van der Waals surface area contributed by atoms with Crippen LogP contribution in [0.15, 0.2) is 71.2 Å². The summed E-state index contributed by atoms with van der Waals surface area (Å²) < 4.78 is 26.9. The standard InChI is InChI=1S/C37H46BrFN2O4/c1-3-41(32-16-10-4-5-11-17-32)26-30-24-29(25-33(38)34(30)40)35(42)44-22-12-7-13-23-45-36(43)37(2,39)31-20-18-28(19-21-31)27-14-8-6-9-15-27/h6,8-9,14-15,18-21,24-25,32H,3-5,7,10-13,16-17,22-23,26,40H2,1-2H3. The number of carbonyl (C=O) groups excluding carboxylic acids is 2. The first-order chi connectivity index (χ1) is 21.7. The van der Waals surface area contributed by atoms with Gasteiger partial charge in [-0.05, 0) is 90.3 Å². The molecule has 0 saturated heterocycles. The van der Waals surface area contributed by atoms with Crippen molar-refractivity contribution < 1.29 is 23.5 Å². The van der Waals surface area contributed by atoms with E-state index in [1.807, 2.05) is 36.4 Å². The number of alkyl halides is 1. The Morgan fingerprint density at radius 3 is 2.18 bits per heavy atom. The number of nitrogens with zero attached hydrogens (tertiary/aromatic N) is 1. The average Bonchev–Trinajstić information content (AvgIpc) is 3.35. The lowest BCUT2D eigenvalue weighted by Gasteiger charge is -2.30. The quantitative estimate of drug-likeness (QED) is 0.0792. The van der Waals surface area contributed by atoms with E-state index < -0.39 is 17.6 Å². The van der Waals surface area contributed by atoms with Crippen LogP contribution in [0.25, 0.3) is 11.1 Å². The van der Waals surface area contributed by atoms with Crippen molar-refractivity contribution in [3.8, 4) is 11.1 Å². The summed E-state index contributed by atoms with van der Waals surface area (Å²) in [6, 6.07) is 20.7. The summed E-state index contributed by atoms with van der Waals surface area (Å²) >= 11 is 3.53. The normalized spacial score (nSPS) is 15.3. The van der Waals surface area contributed by atoms with Crippen LogP contribution in [0.1, 0.15) is 93.1 Å². The summed E-state index contributed by atoms with van der Waals surface area (Å²) in [5.74, 6) is -1.31. The molecule has 0 aromatic heterocycles. The van der Waals surface area contributed by atoms with E-state index in [1.165, 1.54) is 45.4 Å². The monoisotopic (exact) mass is 680 g/mol. The van der Waals surface area contributed by atoms with E-state index in [1.54, 1.807) is 30.3 Å². The highest BCUT2D eigenvalue weighted by Crippen LogP contribution is 2.31. The number of ether oxygens (including phenoxy) is 2. The molecule has 8 heteroatoms. The highest BCUT2D eigenvalue weighted by Gasteiger charge is 2.37. The maximum atomic E-state index is 15.4. The minimum Gasteiger partial charge on any atom is -0.463 e. The second-order valence-electron chi connectivity index (χ2n) is 12.0. The number of rotatable bonds is 14. The predicted octanol–water partition coefficient (Wildman–Crippen LogP) is 9.00. The molecule has 0 radical (unpaired) electrons. The Morgan fingerprint density at radius 1 is 0.911 bits per heavy atom. The number of anilines is 1. The third-order valence-corrected chi connectivity index (χ3v) is 9.40. The fourth-order valence-corrected chi connectivity index (χ4v) is 6.42. The van der Waals surface area contributed by atoms with Crippen LogP contribution in [0.5, 0.6) is 0 Å². The fourth-order valence-electron chi connectivity index (χ4n) is 5.92.